The van der Waals surface area contributed by atoms with Gasteiger partial charge in [-0.05, 0) is 12.1 Å². The smallest absolute Gasteiger partial charge is 0.254 e. The first-order valence-electron chi connectivity index (χ1n) is 6.73. The minimum absolute atomic E-state index is 0.231. The minimum Gasteiger partial charge on any atom is -0.497 e. The molecule has 0 unspecified atom stereocenters. The Morgan fingerprint density at radius 2 is 2.00 bits per heavy atom. The maximum atomic E-state index is 11.8. The number of benzene rings is 1. The maximum Gasteiger partial charge on any atom is 0.254 e. The molecule has 2 rings (SSSR count). The first kappa shape index (κ1) is 15.7. The Kier molecular flexibility index (Phi) is 5.67. The van der Waals surface area contributed by atoms with E-state index in [0.717, 1.165) is 11.4 Å². The van der Waals surface area contributed by atoms with Crippen LogP contribution in [0.4, 0.5) is 11.6 Å². The Bertz CT molecular complexity index is 616. The van der Waals surface area contributed by atoms with Gasteiger partial charge in [-0.25, -0.2) is 9.97 Å². The summed E-state index contributed by atoms with van der Waals surface area (Å²) in [5, 5.41) is 5.75. The summed E-state index contributed by atoms with van der Waals surface area (Å²) in [5.41, 5.74) is 1.20. The van der Waals surface area contributed by atoms with Crippen LogP contribution < -0.4 is 15.4 Å². The Morgan fingerprint density at radius 3 is 2.68 bits per heavy atom. The number of anilines is 2. The Hall–Kier alpha value is -2.67. The van der Waals surface area contributed by atoms with Crippen LogP contribution in [-0.2, 0) is 4.74 Å². The highest BCUT2D eigenvalue weighted by molar-refractivity contribution is 5.93. The molecule has 0 aliphatic heterocycles. The Morgan fingerprint density at radius 1 is 1.23 bits per heavy atom. The van der Waals surface area contributed by atoms with Crippen LogP contribution in [0.1, 0.15) is 10.4 Å². The summed E-state index contributed by atoms with van der Waals surface area (Å²) < 4.78 is 10.0. The Labute approximate surface area is 128 Å². The van der Waals surface area contributed by atoms with Crippen LogP contribution in [0.15, 0.2) is 36.7 Å². The molecule has 1 aromatic carbocycles. The molecule has 22 heavy (non-hydrogen) atoms. The zero-order chi connectivity index (χ0) is 15.8. The second-order valence-corrected chi connectivity index (χ2v) is 4.40. The molecular formula is C15H18N4O3. The number of nitrogens with zero attached hydrogens (tertiary/aromatic N) is 2. The molecule has 1 heterocycles. The molecule has 0 bridgehead atoms. The molecular weight excluding hydrogens is 284 g/mol. The van der Waals surface area contributed by atoms with Crippen molar-refractivity contribution in [2.45, 2.75) is 0 Å². The highest BCUT2D eigenvalue weighted by atomic mass is 16.5. The quantitative estimate of drug-likeness (QED) is 0.756. The second-order valence-electron chi connectivity index (χ2n) is 4.40. The minimum atomic E-state index is -0.231. The van der Waals surface area contributed by atoms with Crippen molar-refractivity contribution in [1.29, 1.82) is 0 Å². The first-order valence-corrected chi connectivity index (χ1v) is 6.73. The normalized spacial score (nSPS) is 10.1. The van der Waals surface area contributed by atoms with Crippen LogP contribution in [0, 0.1) is 0 Å². The number of rotatable bonds is 7. The third-order valence-electron chi connectivity index (χ3n) is 2.83. The number of hydrogen-bond acceptors (Lipinski definition) is 6. The van der Waals surface area contributed by atoms with E-state index in [0.29, 0.717) is 24.7 Å². The molecule has 0 saturated heterocycles. The van der Waals surface area contributed by atoms with Crippen LogP contribution in [0.25, 0.3) is 0 Å². The van der Waals surface area contributed by atoms with Gasteiger partial charge in [0.15, 0.2) is 0 Å². The van der Waals surface area contributed by atoms with Gasteiger partial charge in [-0.2, -0.15) is 0 Å². The lowest BCUT2D eigenvalue weighted by molar-refractivity contribution is 0.0936. The molecule has 1 amide bonds. The molecule has 0 fully saturated rings. The van der Waals surface area contributed by atoms with Crippen LogP contribution in [0.5, 0.6) is 5.75 Å². The highest BCUT2D eigenvalue weighted by Gasteiger charge is 2.06. The number of ether oxygens (including phenoxy) is 2. The lowest BCUT2D eigenvalue weighted by Gasteiger charge is -2.07. The first-order chi connectivity index (χ1) is 10.7. The SMILES string of the molecule is COCCNC(=O)c1cnc(Nc2cccc(OC)c2)nc1. The number of hydrogen-bond donors (Lipinski definition) is 2. The second kappa shape index (κ2) is 7.94. The van der Waals surface area contributed by atoms with Gasteiger partial charge in [-0.3, -0.25) is 4.79 Å². The number of aromatic nitrogens is 2. The van der Waals surface area contributed by atoms with E-state index in [1.54, 1.807) is 14.2 Å². The molecule has 2 N–H and O–H groups in total. The summed E-state index contributed by atoms with van der Waals surface area (Å²) in [6, 6.07) is 7.41. The third-order valence-corrected chi connectivity index (χ3v) is 2.83. The van der Waals surface area contributed by atoms with Crippen molar-refractivity contribution in [2.24, 2.45) is 0 Å². The zero-order valence-electron chi connectivity index (χ0n) is 12.5. The molecule has 0 spiro atoms. The lowest BCUT2D eigenvalue weighted by Crippen LogP contribution is -2.27. The molecule has 7 nitrogen and oxygen atoms in total. The van der Waals surface area contributed by atoms with Crippen molar-refractivity contribution in [2.75, 3.05) is 32.7 Å². The average molecular weight is 302 g/mol. The fourth-order valence-corrected chi connectivity index (χ4v) is 1.71. The van der Waals surface area contributed by atoms with E-state index in [-0.39, 0.29) is 5.91 Å². The van der Waals surface area contributed by atoms with Gasteiger partial charge in [0.05, 0.1) is 19.3 Å². The monoisotopic (exact) mass is 302 g/mol. The van der Waals surface area contributed by atoms with E-state index in [4.69, 9.17) is 9.47 Å². The van der Waals surface area contributed by atoms with Crippen molar-refractivity contribution in [3.8, 4) is 5.75 Å². The molecule has 2 aromatic rings. The van der Waals surface area contributed by atoms with Crippen molar-refractivity contribution >= 4 is 17.5 Å². The van der Waals surface area contributed by atoms with Gasteiger partial charge in [0.2, 0.25) is 5.95 Å². The van der Waals surface area contributed by atoms with Crippen molar-refractivity contribution < 1.29 is 14.3 Å². The van der Waals surface area contributed by atoms with Crippen molar-refractivity contribution in [1.82, 2.24) is 15.3 Å². The van der Waals surface area contributed by atoms with Crippen LogP contribution >= 0.6 is 0 Å². The van der Waals surface area contributed by atoms with E-state index in [9.17, 15) is 4.79 Å². The van der Waals surface area contributed by atoms with Gasteiger partial charge in [0, 0.05) is 37.8 Å². The highest BCUT2D eigenvalue weighted by Crippen LogP contribution is 2.19. The molecule has 0 atom stereocenters. The predicted octanol–water partition coefficient (Wildman–Crippen LogP) is 1.60. The predicted molar refractivity (Wildman–Crippen MR) is 82.5 cm³/mol. The number of amides is 1. The van der Waals surface area contributed by atoms with Crippen LogP contribution in [0.2, 0.25) is 0 Å². The van der Waals surface area contributed by atoms with Gasteiger partial charge >= 0.3 is 0 Å². The van der Waals surface area contributed by atoms with Crippen molar-refractivity contribution in [3.63, 3.8) is 0 Å². The van der Waals surface area contributed by atoms with Crippen LogP contribution in [-0.4, -0.2) is 43.2 Å². The topological polar surface area (TPSA) is 85.4 Å². The molecule has 0 radical (unpaired) electrons. The average Bonchev–Trinajstić information content (AvgIpc) is 2.56. The summed E-state index contributed by atoms with van der Waals surface area (Å²) in [5.74, 6) is 0.908. The number of methoxy groups -OCH3 is 2. The maximum absolute atomic E-state index is 11.8. The van der Waals surface area contributed by atoms with Crippen LogP contribution in [0.3, 0.4) is 0 Å². The molecule has 0 aliphatic carbocycles. The summed E-state index contributed by atoms with van der Waals surface area (Å²) in [7, 11) is 3.18. The van der Waals surface area contributed by atoms with E-state index in [1.165, 1.54) is 12.4 Å². The van der Waals surface area contributed by atoms with Gasteiger partial charge < -0.3 is 20.1 Å². The largest absolute Gasteiger partial charge is 0.497 e. The van der Waals surface area contributed by atoms with Crippen molar-refractivity contribution in [3.05, 3.63) is 42.2 Å². The fourth-order valence-electron chi connectivity index (χ4n) is 1.71. The van der Waals surface area contributed by atoms with Gasteiger partial charge in [-0.15, -0.1) is 0 Å². The molecule has 1 aromatic heterocycles. The van der Waals surface area contributed by atoms with E-state index in [1.807, 2.05) is 24.3 Å². The van der Waals surface area contributed by atoms with E-state index >= 15 is 0 Å². The van der Waals surface area contributed by atoms with Gasteiger partial charge in [0.25, 0.3) is 5.91 Å². The zero-order valence-corrected chi connectivity index (χ0v) is 12.5. The van der Waals surface area contributed by atoms with Gasteiger partial charge in [0.1, 0.15) is 5.75 Å². The lowest BCUT2D eigenvalue weighted by atomic mass is 10.3. The Balaban J connectivity index is 1.97. The molecule has 0 aliphatic rings. The summed E-state index contributed by atoms with van der Waals surface area (Å²) in [6.45, 7) is 0.904. The summed E-state index contributed by atoms with van der Waals surface area (Å²) in [6.07, 6.45) is 2.94. The molecule has 0 saturated carbocycles. The molecule has 7 heteroatoms. The third kappa shape index (κ3) is 4.42. The standard InChI is InChI=1S/C15H18N4O3/c1-21-7-6-16-14(20)11-9-17-15(18-10-11)19-12-4-3-5-13(8-12)22-2/h3-5,8-10H,6-7H2,1-2H3,(H,16,20)(H,17,18,19). The van der Waals surface area contributed by atoms with E-state index < -0.39 is 0 Å². The summed E-state index contributed by atoms with van der Waals surface area (Å²) >= 11 is 0. The fraction of sp³-hybridized carbons (Fsp3) is 0.267. The molecule has 116 valence electrons. The summed E-state index contributed by atoms with van der Waals surface area (Å²) in [4.78, 5) is 20.0. The number of nitrogens with one attached hydrogen (secondary N) is 2. The van der Waals surface area contributed by atoms with Gasteiger partial charge in [-0.1, -0.05) is 6.07 Å². The van der Waals surface area contributed by atoms with E-state index in [2.05, 4.69) is 20.6 Å². The number of carbonyl (C=O) groups excluding carboxylic acids is 1. The number of carbonyl (C=O) groups is 1.